The molecule has 2 rings (SSSR count). The van der Waals surface area contributed by atoms with Crippen LogP contribution in [0.3, 0.4) is 0 Å². The molecule has 1 nitrogen and oxygen atoms in total. The minimum atomic E-state index is 0.0697. The normalized spacial score (nSPS) is 12.4. The van der Waals surface area contributed by atoms with E-state index >= 15 is 0 Å². The summed E-state index contributed by atoms with van der Waals surface area (Å²) < 4.78 is 0. The van der Waals surface area contributed by atoms with Gasteiger partial charge in [-0.1, -0.05) is 36.0 Å². The predicted molar refractivity (Wildman–Crippen MR) is 79.1 cm³/mol. The van der Waals surface area contributed by atoms with Crippen molar-refractivity contribution < 1.29 is 0 Å². The Morgan fingerprint density at radius 1 is 1.00 bits per heavy atom. The summed E-state index contributed by atoms with van der Waals surface area (Å²) in [4.78, 5) is 2.52. The van der Waals surface area contributed by atoms with Crippen LogP contribution in [0.15, 0.2) is 52.3 Å². The molecule has 0 aliphatic rings. The summed E-state index contributed by atoms with van der Waals surface area (Å²) in [5, 5.41) is 0. The van der Waals surface area contributed by atoms with Gasteiger partial charge in [-0.05, 0) is 55.7 Å². The van der Waals surface area contributed by atoms with Gasteiger partial charge >= 0.3 is 0 Å². The molecule has 0 fully saturated rings. The molecule has 2 aromatic rings. The summed E-state index contributed by atoms with van der Waals surface area (Å²) in [6, 6.07) is 15.0. The van der Waals surface area contributed by atoms with Gasteiger partial charge < -0.3 is 5.73 Å². The lowest BCUT2D eigenvalue weighted by Gasteiger charge is -2.12. The molecule has 94 valence electrons. The summed E-state index contributed by atoms with van der Waals surface area (Å²) >= 11 is 1.79. The lowest BCUT2D eigenvalue weighted by Crippen LogP contribution is -2.05. The zero-order valence-electron chi connectivity index (χ0n) is 11.1. The lowest BCUT2D eigenvalue weighted by molar-refractivity contribution is 0.797. The molecular formula is C16H19NS. The van der Waals surface area contributed by atoms with Gasteiger partial charge in [0.1, 0.15) is 0 Å². The smallest absolute Gasteiger partial charge is 0.0277 e. The van der Waals surface area contributed by atoms with E-state index in [1.54, 1.807) is 11.8 Å². The third-order valence-electron chi connectivity index (χ3n) is 3.12. The van der Waals surface area contributed by atoms with Crippen LogP contribution in [0.2, 0.25) is 0 Å². The van der Waals surface area contributed by atoms with Gasteiger partial charge in [-0.15, -0.1) is 0 Å². The first-order valence-electron chi connectivity index (χ1n) is 6.17. The standard InChI is InChI=1S/C16H19NS/c1-11-8-9-14(10-12(11)2)18-16-7-5-4-6-15(16)13(3)17/h4-10,13H,17H2,1-3H3. The highest BCUT2D eigenvalue weighted by molar-refractivity contribution is 7.99. The Morgan fingerprint density at radius 3 is 2.39 bits per heavy atom. The van der Waals surface area contributed by atoms with Crippen LogP contribution in [-0.2, 0) is 0 Å². The lowest BCUT2D eigenvalue weighted by atomic mass is 10.1. The summed E-state index contributed by atoms with van der Waals surface area (Å²) in [5.74, 6) is 0. The Balaban J connectivity index is 2.31. The van der Waals surface area contributed by atoms with Gasteiger partial charge in [0.2, 0.25) is 0 Å². The van der Waals surface area contributed by atoms with Crippen LogP contribution in [0.25, 0.3) is 0 Å². The van der Waals surface area contributed by atoms with Crippen molar-refractivity contribution in [3.63, 3.8) is 0 Å². The minimum absolute atomic E-state index is 0.0697. The van der Waals surface area contributed by atoms with Crippen molar-refractivity contribution >= 4 is 11.8 Å². The van der Waals surface area contributed by atoms with Crippen LogP contribution in [-0.4, -0.2) is 0 Å². The van der Waals surface area contributed by atoms with Crippen LogP contribution in [0, 0.1) is 13.8 Å². The Hall–Kier alpha value is -1.25. The molecular weight excluding hydrogens is 238 g/mol. The molecule has 0 bridgehead atoms. The number of nitrogens with two attached hydrogens (primary N) is 1. The number of aryl methyl sites for hydroxylation is 2. The molecule has 2 aromatic carbocycles. The van der Waals surface area contributed by atoms with E-state index in [0.29, 0.717) is 0 Å². The van der Waals surface area contributed by atoms with E-state index < -0.39 is 0 Å². The Kier molecular flexibility index (Phi) is 4.10. The van der Waals surface area contributed by atoms with Crippen molar-refractivity contribution in [3.05, 3.63) is 59.2 Å². The third kappa shape index (κ3) is 2.95. The van der Waals surface area contributed by atoms with Gasteiger partial charge in [0, 0.05) is 15.8 Å². The first kappa shape index (κ1) is 13.2. The van der Waals surface area contributed by atoms with E-state index in [9.17, 15) is 0 Å². The second-order valence-electron chi connectivity index (χ2n) is 4.67. The highest BCUT2D eigenvalue weighted by Gasteiger charge is 2.07. The molecule has 0 heterocycles. The number of hydrogen-bond donors (Lipinski definition) is 1. The van der Waals surface area contributed by atoms with Gasteiger partial charge in [-0.3, -0.25) is 0 Å². The summed E-state index contributed by atoms with van der Waals surface area (Å²) in [5.41, 5.74) is 9.88. The summed E-state index contributed by atoms with van der Waals surface area (Å²) in [7, 11) is 0. The SMILES string of the molecule is Cc1ccc(Sc2ccccc2C(C)N)cc1C. The van der Waals surface area contributed by atoms with Gasteiger partial charge in [0.05, 0.1) is 0 Å². The first-order valence-corrected chi connectivity index (χ1v) is 6.99. The Bertz CT molecular complexity index is 547. The van der Waals surface area contributed by atoms with Crippen molar-refractivity contribution in [2.45, 2.75) is 36.6 Å². The average molecular weight is 257 g/mol. The van der Waals surface area contributed by atoms with Crippen molar-refractivity contribution in [1.82, 2.24) is 0 Å². The zero-order chi connectivity index (χ0) is 13.1. The number of hydrogen-bond acceptors (Lipinski definition) is 2. The van der Waals surface area contributed by atoms with Gasteiger partial charge in [0.25, 0.3) is 0 Å². The number of rotatable bonds is 3. The topological polar surface area (TPSA) is 26.0 Å². The molecule has 18 heavy (non-hydrogen) atoms. The van der Waals surface area contributed by atoms with Crippen molar-refractivity contribution in [2.75, 3.05) is 0 Å². The van der Waals surface area contributed by atoms with Gasteiger partial charge in [-0.25, -0.2) is 0 Å². The Morgan fingerprint density at radius 2 is 1.72 bits per heavy atom. The summed E-state index contributed by atoms with van der Waals surface area (Å²) in [6.07, 6.45) is 0. The second-order valence-corrected chi connectivity index (χ2v) is 5.79. The van der Waals surface area contributed by atoms with Crippen LogP contribution in [0.1, 0.15) is 29.7 Å². The molecule has 1 atom stereocenters. The molecule has 0 aliphatic carbocycles. The molecule has 0 aromatic heterocycles. The molecule has 0 saturated heterocycles. The highest BCUT2D eigenvalue weighted by atomic mass is 32.2. The van der Waals surface area contributed by atoms with Crippen molar-refractivity contribution in [2.24, 2.45) is 5.73 Å². The molecule has 0 aliphatic heterocycles. The molecule has 0 amide bonds. The van der Waals surface area contributed by atoms with Crippen LogP contribution < -0.4 is 5.73 Å². The molecule has 0 saturated carbocycles. The first-order chi connectivity index (χ1) is 8.58. The Labute approximate surface area is 113 Å². The third-order valence-corrected chi connectivity index (χ3v) is 4.20. The van der Waals surface area contributed by atoms with E-state index in [2.05, 4.69) is 50.2 Å². The van der Waals surface area contributed by atoms with E-state index in [1.165, 1.54) is 26.5 Å². The van der Waals surface area contributed by atoms with Crippen LogP contribution in [0.5, 0.6) is 0 Å². The van der Waals surface area contributed by atoms with Crippen molar-refractivity contribution in [1.29, 1.82) is 0 Å². The van der Waals surface area contributed by atoms with E-state index in [4.69, 9.17) is 5.73 Å². The van der Waals surface area contributed by atoms with Crippen LogP contribution in [0.4, 0.5) is 0 Å². The quantitative estimate of drug-likeness (QED) is 0.877. The largest absolute Gasteiger partial charge is 0.324 e. The second kappa shape index (κ2) is 5.59. The van der Waals surface area contributed by atoms with Crippen molar-refractivity contribution in [3.8, 4) is 0 Å². The fourth-order valence-corrected chi connectivity index (χ4v) is 3.00. The molecule has 0 radical (unpaired) electrons. The molecule has 2 heteroatoms. The fourth-order valence-electron chi connectivity index (χ4n) is 1.85. The molecule has 1 unspecified atom stereocenters. The monoisotopic (exact) mass is 257 g/mol. The average Bonchev–Trinajstić information content (AvgIpc) is 2.34. The van der Waals surface area contributed by atoms with Crippen LogP contribution >= 0.6 is 11.8 Å². The maximum absolute atomic E-state index is 6.01. The maximum Gasteiger partial charge on any atom is 0.0277 e. The van der Waals surface area contributed by atoms with E-state index in [1.807, 2.05) is 13.0 Å². The molecule has 2 N–H and O–H groups in total. The summed E-state index contributed by atoms with van der Waals surface area (Å²) in [6.45, 7) is 6.32. The van der Waals surface area contributed by atoms with E-state index in [-0.39, 0.29) is 6.04 Å². The predicted octanol–water partition coefficient (Wildman–Crippen LogP) is 4.47. The van der Waals surface area contributed by atoms with Gasteiger partial charge in [0.15, 0.2) is 0 Å². The molecule has 0 spiro atoms. The number of benzene rings is 2. The van der Waals surface area contributed by atoms with Gasteiger partial charge in [-0.2, -0.15) is 0 Å². The fraction of sp³-hybridized carbons (Fsp3) is 0.250. The minimum Gasteiger partial charge on any atom is -0.324 e. The van der Waals surface area contributed by atoms with E-state index in [0.717, 1.165) is 0 Å². The maximum atomic E-state index is 6.01. The zero-order valence-corrected chi connectivity index (χ0v) is 11.9. The highest BCUT2D eigenvalue weighted by Crippen LogP contribution is 2.33.